The van der Waals surface area contributed by atoms with Gasteiger partial charge in [0, 0.05) is 32.2 Å². The number of hydrogen-bond donors (Lipinski definition) is 1. The van der Waals surface area contributed by atoms with Crippen molar-refractivity contribution < 1.29 is 8.42 Å². The molecule has 96 valence electrons. The van der Waals surface area contributed by atoms with Crippen LogP contribution in [0.4, 0.5) is 0 Å². The molecular weight excluding hydrogens is 240 g/mol. The second-order valence-corrected chi connectivity index (χ2v) is 6.36. The molecule has 1 saturated heterocycles. The molecule has 17 heavy (non-hydrogen) atoms. The first-order valence-corrected chi connectivity index (χ1v) is 7.10. The fraction of sp³-hybridized carbons (Fsp3) is 0.700. The van der Waals surface area contributed by atoms with Crippen molar-refractivity contribution >= 4 is 10.0 Å². The van der Waals surface area contributed by atoms with E-state index in [2.05, 4.69) is 10.4 Å². The Morgan fingerprint density at radius 2 is 2.18 bits per heavy atom. The molecule has 7 heteroatoms. The highest BCUT2D eigenvalue weighted by atomic mass is 32.2. The van der Waals surface area contributed by atoms with Crippen molar-refractivity contribution in [1.82, 2.24) is 19.4 Å². The van der Waals surface area contributed by atoms with Crippen molar-refractivity contribution in [3.8, 4) is 0 Å². The maximum atomic E-state index is 12.5. The molecule has 1 aromatic rings. The van der Waals surface area contributed by atoms with Crippen molar-refractivity contribution in [1.29, 1.82) is 0 Å². The minimum Gasteiger partial charge on any atom is -0.311 e. The van der Waals surface area contributed by atoms with E-state index >= 15 is 0 Å². The zero-order valence-electron chi connectivity index (χ0n) is 10.3. The number of aryl methyl sites for hydroxylation is 1. The Labute approximate surface area is 102 Å². The minimum atomic E-state index is -3.44. The van der Waals surface area contributed by atoms with Crippen molar-refractivity contribution in [2.24, 2.45) is 7.05 Å². The molecule has 0 aliphatic carbocycles. The standard InChI is InChI=1S/C10H18N4O2S/c1-8-7-14(9(2)6-11-8)17(15,16)10-4-5-12-13(10)3/h4-5,8-9,11H,6-7H2,1-3H3. The summed E-state index contributed by atoms with van der Waals surface area (Å²) in [5.41, 5.74) is 0. The zero-order valence-corrected chi connectivity index (χ0v) is 11.1. The molecule has 6 nitrogen and oxygen atoms in total. The van der Waals surface area contributed by atoms with E-state index in [1.165, 1.54) is 16.9 Å². The van der Waals surface area contributed by atoms with E-state index in [4.69, 9.17) is 0 Å². The molecule has 1 aliphatic heterocycles. The fourth-order valence-corrected chi connectivity index (χ4v) is 3.88. The van der Waals surface area contributed by atoms with E-state index in [9.17, 15) is 8.42 Å². The largest absolute Gasteiger partial charge is 0.311 e. The van der Waals surface area contributed by atoms with Gasteiger partial charge in [-0.05, 0) is 19.9 Å². The highest BCUT2D eigenvalue weighted by Gasteiger charge is 2.34. The van der Waals surface area contributed by atoms with Crippen LogP contribution in [0.5, 0.6) is 0 Å². The Morgan fingerprint density at radius 1 is 1.47 bits per heavy atom. The first kappa shape index (κ1) is 12.5. The lowest BCUT2D eigenvalue weighted by atomic mass is 10.2. The van der Waals surface area contributed by atoms with Crippen LogP contribution in [0.3, 0.4) is 0 Å². The Morgan fingerprint density at radius 3 is 2.76 bits per heavy atom. The molecule has 1 fully saturated rings. The Hall–Kier alpha value is -0.920. The predicted molar refractivity (Wildman–Crippen MR) is 64.0 cm³/mol. The second-order valence-electron chi connectivity index (χ2n) is 4.53. The Balaban J connectivity index is 2.35. The average molecular weight is 258 g/mol. The van der Waals surface area contributed by atoms with E-state index in [-0.39, 0.29) is 17.1 Å². The van der Waals surface area contributed by atoms with Crippen molar-refractivity contribution in [3.63, 3.8) is 0 Å². The van der Waals surface area contributed by atoms with Crippen molar-refractivity contribution in [3.05, 3.63) is 12.3 Å². The lowest BCUT2D eigenvalue weighted by Crippen LogP contribution is -2.56. The van der Waals surface area contributed by atoms with E-state index in [0.717, 1.165) is 0 Å². The minimum absolute atomic E-state index is 0.0360. The third-order valence-electron chi connectivity index (χ3n) is 3.06. The highest BCUT2D eigenvalue weighted by molar-refractivity contribution is 7.89. The third kappa shape index (κ3) is 2.22. The summed E-state index contributed by atoms with van der Waals surface area (Å²) in [4.78, 5) is 0. The SMILES string of the molecule is CC1CN(S(=O)(=O)c2ccnn2C)C(C)CN1. The van der Waals surface area contributed by atoms with Crippen molar-refractivity contribution in [2.45, 2.75) is 31.0 Å². The van der Waals surface area contributed by atoms with Crippen LogP contribution in [0.15, 0.2) is 17.3 Å². The molecule has 0 saturated carbocycles. The second kappa shape index (κ2) is 4.40. The van der Waals surface area contributed by atoms with Crippen LogP contribution in [0.25, 0.3) is 0 Å². The first-order valence-electron chi connectivity index (χ1n) is 5.66. The molecule has 2 atom stereocenters. The van der Waals surface area contributed by atoms with Crippen LogP contribution < -0.4 is 5.32 Å². The summed E-state index contributed by atoms with van der Waals surface area (Å²) >= 11 is 0. The molecule has 1 aliphatic rings. The molecule has 1 N–H and O–H groups in total. The summed E-state index contributed by atoms with van der Waals surface area (Å²) in [5.74, 6) is 0. The maximum absolute atomic E-state index is 12.5. The lowest BCUT2D eigenvalue weighted by Gasteiger charge is -2.36. The maximum Gasteiger partial charge on any atom is 0.260 e. The van der Waals surface area contributed by atoms with E-state index < -0.39 is 10.0 Å². The summed E-state index contributed by atoms with van der Waals surface area (Å²) in [6.07, 6.45) is 1.50. The highest BCUT2D eigenvalue weighted by Crippen LogP contribution is 2.19. The number of rotatable bonds is 2. The molecule has 0 amide bonds. The summed E-state index contributed by atoms with van der Waals surface area (Å²) in [5, 5.41) is 7.43. The molecule has 2 heterocycles. The van der Waals surface area contributed by atoms with Gasteiger partial charge in [0.05, 0.1) is 6.20 Å². The van der Waals surface area contributed by atoms with E-state index in [1.807, 2.05) is 13.8 Å². The van der Waals surface area contributed by atoms with Gasteiger partial charge in [-0.3, -0.25) is 4.68 Å². The van der Waals surface area contributed by atoms with Crippen LogP contribution >= 0.6 is 0 Å². The summed E-state index contributed by atoms with van der Waals surface area (Å²) in [6.45, 7) is 5.07. The van der Waals surface area contributed by atoms with Gasteiger partial charge in [0.1, 0.15) is 0 Å². The molecular formula is C10H18N4O2S. The first-order chi connectivity index (χ1) is 7.93. The van der Waals surface area contributed by atoms with Crippen LogP contribution in [-0.4, -0.2) is 47.7 Å². The van der Waals surface area contributed by atoms with Gasteiger partial charge in [0.2, 0.25) is 0 Å². The average Bonchev–Trinajstić information content (AvgIpc) is 2.68. The summed E-state index contributed by atoms with van der Waals surface area (Å²) in [7, 11) is -1.80. The molecule has 0 aromatic carbocycles. The molecule has 2 rings (SSSR count). The number of nitrogens with zero attached hydrogens (tertiary/aromatic N) is 3. The Kier molecular flexibility index (Phi) is 3.24. The topological polar surface area (TPSA) is 67.2 Å². The van der Waals surface area contributed by atoms with Gasteiger partial charge in [-0.25, -0.2) is 8.42 Å². The van der Waals surface area contributed by atoms with Gasteiger partial charge in [-0.1, -0.05) is 0 Å². The summed E-state index contributed by atoms with van der Waals surface area (Å²) in [6, 6.07) is 1.68. The van der Waals surface area contributed by atoms with Gasteiger partial charge in [0.25, 0.3) is 10.0 Å². The predicted octanol–water partition coefficient (Wildman–Crippen LogP) is -0.209. The van der Waals surface area contributed by atoms with E-state index in [0.29, 0.717) is 13.1 Å². The van der Waals surface area contributed by atoms with Crippen LogP contribution in [0.1, 0.15) is 13.8 Å². The number of sulfonamides is 1. The Bertz CT molecular complexity index is 496. The van der Waals surface area contributed by atoms with Gasteiger partial charge in [-0.2, -0.15) is 9.40 Å². The normalized spacial score (nSPS) is 27.2. The van der Waals surface area contributed by atoms with E-state index in [1.54, 1.807) is 11.4 Å². The van der Waals surface area contributed by atoms with Gasteiger partial charge in [-0.15, -0.1) is 0 Å². The van der Waals surface area contributed by atoms with Crippen LogP contribution in [0, 0.1) is 0 Å². The van der Waals surface area contributed by atoms with Gasteiger partial charge in [0.15, 0.2) is 5.03 Å². The van der Waals surface area contributed by atoms with Gasteiger partial charge < -0.3 is 5.32 Å². The quantitative estimate of drug-likeness (QED) is 0.797. The number of hydrogen-bond acceptors (Lipinski definition) is 4. The number of piperazine rings is 1. The van der Waals surface area contributed by atoms with Crippen LogP contribution in [-0.2, 0) is 17.1 Å². The molecule has 0 spiro atoms. The smallest absolute Gasteiger partial charge is 0.260 e. The monoisotopic (exact) mass is 258 g/mol. The molecule has 1 aromatic heterocycles. The lowest BCUT2D eigenvalue weighted by molar-refractivity contribution is 0.243. The zero-order chi connectivity index (χ0) is 12.6. The fourth-order valence-electron chi connectivity index (χ4n) is 2.06. The van der Waals surface area contributed by atoms with Crippen molar-refractivity contribution in [2.75, 3.05) is 13.1 Å². The summed E-state index contributed by atoms with van der Waals surface area (Å²) < 4.78 is 27.9. The number of nitrogens with one attached hydrogen (secondary N) is 1. The third-order valence-corrected chi connectivity index (χ3v) is 5.11. The number of aromatic nitrogens is 2. The molecule has 0 bridgehead atoms. The molecule has 0 radical (unpaired) electrons. The van der Waals surface area contributed by atoms with Crippen LogP contribution in [0.2, 0.25) is 0 Å². The van der Waals surface area contributed by atoms with Gasteiger partial charge >= 0.3 is 0 Å². The molecule has 2 unspecified atom stereocenters.